The lowest BCUT2D eigenvalue weighted by Crippen LogP contribution is -2.09. The highest BCUT2D eigenvalue weighted by atomic mass is 16.3. The third-order valence-electron chi connectivity index (χ3n) is 3.08. The summed E-state index contributed by atoms with van der Waals surface area (Å²) in [7, 11) is 3.92. The Hall–Kier alpha value is -2.29. The fraction of sp³-hybridized carbons (Fsp3) is 0.133. The molecule has 3 aromatic rings. The highest BCUT2D eigenvalue weighted by Gasteiger charge is 2.08. The first-order valence-corrected chi connectivity index (χ1v) is 5.80. The summed E-state index contributed by atoms with van der Waals surface area (Å²) in [5.41, 5.74) is 2.30. The largest absolute Gasteiger partial charge is 0.456 e. The highest BCUT2D eigenvalue weighted by Crippen LogP contribution is 2.22. The average Bonchev–Trinajstić information content (AvgIpc) is 2.38. The maximum Gasteiger partial charge on any atom is 0.200 e. The standard InChI is InChI=1S/C15H13NO2/c1-16(2)10-7-8-12-14(9-10)18-13-6-4-3-5-11(13)15(12)17/h3-9H,1-2H3. The van der Waals surface area contributed by atoms with Gasteiger partial charge in [-0.2, -0.15) is 0 Å². The zero-order chi connectivity index (χ0) is 12.7. The van der Waals surface area contributed by atoms with Crippen LogP contribution in [0.3, 0.4) is 0 Å². The van der Waals surface area contributed by atoms with Crippen molar-refractivity contribution in [2.24, 2.45) is 0 Å². The van der Waals surface area contributed by atoms with Crippen molar-refractivity contribution < 1.29 is 4.42 Å². The molecule has 0 fully saturated rings. The zero-order valence-corrected chi connectivity index (χ0v) is 10.3. The van der Waals surface area contributed by atoms with Crippen LogP contribution in [0.2, 0.25) is 0 Å². The van der Waals surface area contributed by atoms with Gasteiger partial charge in [-0.05, 0) is 24.3 Å². The monoisotopic (exact) mass is 239 g/mol. The van der Waals surface area contributed by atoms with Gasteiger partial charge in [0.15, 0.2) is 0 Å². The Balaban J connectivity index is 2.44. The first-order valence-electron chi connectivity index (χ1n) is 5.80. The fourth-order valence-electron chi connectivity index (χ4n) is 2.07. The second-order valence-corrected chi connectivity index (χ2v) is 4.50. The van der Waals surface area contributed by atoms with Crippen molar-refractivity contribution in [2.75, 3.05) is 19.0 Å². The van der Waals surface area contributed by atoms with E-state index in [-0.39, 0.29) is 5.43 Å². The predicted octanol–water partition coefficient (Wildman–Crippen LogP) is 3.01. The molecule has 0 aliphatic rings. The molecular weight excluding hydrogens is 226 g/mol. The van der Waals surface area contributed by atoms with Crippen LogP contribution < -0.4 is 10.3 Å². The van der Waals surface area contributed by atoms with E-state index >= 15 is 0 Å². The minimum atomic E-state index is 0.0251. The second-order valence-electron chi connectivity index (χ2n) is 4.50. The minimum Gasteiger partial charge on any atom is -0.456 e. The number of anilines is 1. The van der Waals surface area contributed by atoms with E-state index in [1.807, 2.05) is 55.4 Å². The number of benzene rings is 2. The zero-order valence-electron chi connectivity index (χ0n) is 10.3. The fourth-order valence-corrected chi connectivity index (χ4v) is 2.07. The molecule has 0 aliphatic carbocycles. The van der Waals surface area contributed by atoms with Gasteiger partial charge in [-0.1, -0.05) is 12.1 Å². The van der Waals surface area contributed by atoms with Crippen LogP contribution in [-0.2, 0) is 0 Å². The van der Waals surface area contributed by atoms with Crippen LogP contribution in [0.15, 0.2) is 51.7 Å². The van der Waals surface area contributed by atoms with E-state index in [0.29, 0.717) is 21.9 Å². The van der Waals surface area contributed by atoms with E-state index in [1.54, 1.807) is 6.07 Å². The quantitative estimate of drug-likeness (QED) is 0.612. The van der Waals surface area contributed by atoms with E-state index < -0.39 is 0 Å². The third kappa shape index (κ3) is 1.56. The van der Waals surface area contributed by atoms with Gasteiger partial charge in [0.1, 0.15) is 11.2 Å². The van der Waals surface area contributed by atoms with Crippen molar-refractivity contribution in [3.8, 4) is 0 Å². The van der Waals surface area contributed by atoms with Gasteiger partial charge >= 0.3 is 0 Å². The average molecular weight is 239 g/mol. The maximum atomic E-state index is 12.3. The third-order valence-corrected chi connectivity index (χ3v) is 3.08. The number of hydrogen-bond acceptors (Lipinski definition) is 3. The number of fused-ring (bicyclic) bond motifs is 2. The van der Waals surface area contributed by atoms with Gasteiger partial charge in [-0.3, -0.25) is 4.79 Å². The minimum absolute atomic E-state index is 0.0251. The van der Waals surface area contributed by atoms with Crippen LogP contribution in [-0.4, -0.2) is 14.1 Å². The SMILES string of the molecule is CN(C)c1ccc2c(=O)c3ccccc3oc2c1. The highest BCUT2D eigenvalue weighted by molar-refractivity contribution is 5.90. The summed E-state index contributed by atoms with van der Waals surface area (Å²) in [5, 5.41) is 1.25. The Morgan fingerprint density at radius 1 is 0.944 bits per heavy atom. The molecule has 0 radical (unpaired) electrons. The number of hydrogen-bond donors (Lipinski definition) is 0. The molecule has 0 aliphatic heterocycles. The molecule has 3 rings (SSSR count). The number of nitrogens with zero attached hydrogens (tertiary/aromatic N) is 1. The van der Waals surface area contributed by atoms with E-state index in [9.17, 15) is 4.79 Å². The molecule has 0 saturated heterocycles. The summed E-state index contributed by atoms with van der Waals surface area (Å²) >= 11 is 0. The van der Waals surface area contributed by atoms with E-state index in [4.69, 9.17) is 4.42 Å². The molecule has 0 spiro atoms. The molecule has 0 N–H and O–H groups in total. The molecule has 1 heterocycles. The lowest BCUT2D eigenvalue weighted by atomic mass is 10.1. The van der Waals surface area contributed by atoms with Gasteiger partial charge in [0.25, 0.3) is 0 Å². The molecule has 2 aromatic carbocycles. The van der Waals surface area contributed by atoms with Crippen LogP contribution in [0.1, 0.15) is 0 Å². The van der Waals surface area contributed by atoms with Gasteiger partial charge in [0.2, 0.25) is 5.43 Å². The van der Waals surface area contributed by atoms with Gasteiger partial charge in [0.05, 0.1) is 10.8 Å². The molecule has 1 aromatic heterocycles. The molecule has 0 bridgehead atoms. The number of rotatable bonds is 1. The normalized spacial score (nSPS) is 11.0. The van der Waals surface area contributed by atoms with Crippen LogP contribution in [0.5, 0.6) is 0 Å². The van der Waals surface area contributed by atoms with Crippen LogP contribution in [0.25, 0.3) is 21.9 Å². The molecule has 0 unspecified atom stereocenters. The Kier molecular flexibility index (Phi) is 2.33. The summed E-state index contributed by atoms with van der Waals surface area (Å²) in [4.78, 5) is 14.3. The second kappa shape index (κ2) is 3.88. The Morgan fingerprint density at radius 2 is 1.67 bits per heavy atom. The van der Waals surface area contributed by atoms with Crippen LogP contribution in [0, 0.1) is 0 Å². The smallest absolute Gasteiger partial charge is 0.200 e. The Bertz CT molecular complexity index is 787. The van der Waals surface area contributed by atoms with Crippen molar-refractivity contribution in [3.05, 3.63) is 52.7 Å². The maximum absolute atomic E-state index is 12.3. The van der Waals surface area contributed by atoms with Crippen molar-refractivity contribution >= 4 is 27.6 Å². The molecule has 0 amide bonds. The predicted molar refractivity (Wildman–Crippen MR) is 74.3 cm³/mol. The van der Waals surface area contributed by atoms with Gasteiger partial charge < -0.3 is 9.32 Å². The molecule has 0 saturated carbocycles. The van der Waals surface area contributed by atoms with Crippen LogP contribution >= 0.6 is 0 Å². The molecule has 3 heteroatoms. The van der Waals surface area contributed by atoms with E-state index in [1.165, 1.54) is 0 Å². The number of para-hydroxylation sites is 1. The Labute approximate surface area is 104 Å². The first-order chi connectivity index (χ1) is 8.66. The summed E-state index contributed by atoms with van der Waals surface area (Å²) in [6.07, 6.45) is 0. The summed E-state index contributed by atoms with van der Waals surface area (Å²) < 4.78 is 5.79. The van der Waals surface area contributed by atoms with Gasteiger partial charge in [-0.15, -0.1) is 0 Å². The van der Waals surface area contributed by atoms with Crippen LogP contribution in [0.4, 0.5) is 5.69 Å². The van der Waals surface area contributed by atoms with E-state index in [0.717, 1.165) is 5.69 Å². The topological polar surface area (TPSA) is 33.5 Å². The van der Waals surface area contributed by atoms with Crippen molar-refractivity contribution in [3.63, 3.8) is 0 Å². The molecular formula is C15H13NO2. The lowest BCUT2D eigenvalue weighted by Gasteiger charge is -2.12. The van der Waals surface area contributed by atoms with Crippen molar-refractivity contribution in [1.82, 2.24) is 0 Å². The lowest BCUT2D eigenvalue weighted by molar-refractivity contribution is 0.660. The van der Waals surface area contributed by atoms with Gasteiger partial charge in [0, 0.05) is 25.8 Å². The summed E-state index contributed by atoms with van der Waals surface area (Å²) in [6, 6.07) is 13.0. The van der Waals surface area contributed by atoms with Crippen molar-refractivity contribution in [1.29, 1.82) is 0 Å². The van der Waals surface area contributed by atoms with Crippen molar-refractivity contribution in [2.45, 2.75) is 0 Å². The summed E-state index contributed by atoms with van der Waals surface area (Å²) in [5.74, 6) is 0. The molecule has 18 heavy (non-hydrogen) atoms. The molecule has 90 valence electrons. The first kappa shape index (κ1) is 10.8. The molecule has 3 nitrogen and oxygen atoms in total. The molecule has 0 atom stereocenters. The Morgan fingerprint density at radius 3 is 2.44 bits per heavy atom. The summed E-state index contributed by atoms with van der Waals surface area (Å²) in [6.45, 7) is 0. The van der Waals surface area contributed by atoms with Gasteiger partial charge in [-0.25, -0.2) is 0 Å². The van der Waals surface area contributed by atoms with E-state index in [2.05, 4.69) is 0 Å².